The summed E-state index contributed by atoms with van der Waals surface area (Å²) in [6, 6.07) is 0. The fourth-order valence-electron chi connectivity index (χ4n) is 2.81. The van der Waals surface area contributed by atoms with Crippen LogP contribution < -0.4 is 0 Å². The third kappa shape index (κ3) is 31.5. The van der Waals surface area contributed by atoms with Crippen molar-refractivity contribution in [3.8, 4) is 0 Å². The van der Waals surface area contributed by atoms with Crippen LogP contribution in [0.2, 0.25) is 0 Å². The summed E-state index contributed by atoms with van der Waals surface area (Å²) in [6.07, 6.45) is 7.46. The van der Waals surface area contributed by atoms with Crippen molar-refractivity contribution in [2.45, 2.75) is 51.9 Å². The summed E-state index contributed by atoms with van der Waals surface area (Å²) in [4.78, 5) is 11.6. The fourth-order valence-corrected chi connectivity index (χ4v) is 2.92. The minimum absolute atomic E-state index is 0.139. The molecule has 0 aliphatic carbocycles. The quantitative estimate of drug-likeness (QED) is 0.0787. The van der Waals surface area contributed by atoms with Crippen LogP contribution in [-0.4, -0.2) is 111 Å². The zero-order valence-corrected chi connectivity index (χ0v) is 22.6. The fraction of sp³-hybridized carbons (Fsp3) is 0.960. The molecule has 210 valence electrons. The predicted octanol–water partition coefficient (Wildman–Crippen LogP) is 3.64. The summed E-state index contributed by atoms with van der Waals surface area (Å²) in [7, 11) is 0. The number of hydrogen-bond donors (Lipinski definition) is 0. The van der Waals surface area contributed by atoms with Gasteiger partial charge in [0.1, 0.15) is 6.61 Å². The molecule has 0 rings (SSSR count). The van der Waals surface area contributed by atoms with Crippen molar-refractivity contribution in [1.82, 2.24) is 0 Å². The number of rotatable bonds is 30. The summed E-state index contributed by atoms with van der Waals surface area (Å²) >= 11 is 5.50. The Balaban J connectivity index is 3.09. The summed E-state index contributed by atoms with van der Waals surface area (Å²) in [5.41, 5.74) is 0. The molecule has 0 aromatic carbocycles. The van der Waals surface area contributed by atoms with E-state index in [-0.39, 0.29) is 5.97 Å². The number of hydrogen-bond acceptors (Lipinski definition) is 9. The van der Waals surface area contributed by atoms with Crippen LogP contribution in [0.15, 0.2) is 0 Å². The van der Waals surface area contributed by atoms with E-state index in [2.05, 4.69) is 6.92 Å². The molecule has 0 aliphatic heterocycles. The van der Waals surface area contributed by atoms with Gasteiger partial charge in [0.05, 0.1) is 92.5 Å². The van der Waals surface area contributed by atoms with E-state index in [0.29, 0.717) is 111 Å². The van der Waals surface area contributed by atoms with Crippen LogP contribution in [0, 0.1) is 0 Å². The van der Waals surface area contributed by atoms with Crippen LogP contribution >= 0.6 is 11.6 Å². The zero-order chi connectivity index (χ0) is 25.5. The van der Waals surface area contributed by atoms with Gasteiger partial charge in [-0.1, -0.05) is 39.0 Å². The molecule has 0 radical (unpaired) electrons. The molecule has 0 N–H and O–H groups in total. The lowest BCUT2D eigenvalue weighted by Crippen LogP contribution is -2.15. The Morgan fingerprint density at radius 3 is 1.23 bits per heavy atom. The number of halogens is 1. The van der Waals surface area contributed by atoms with Crippen molar-refractivity contribution < 1.29 is 42.7 Å². The zero-order valence-electron chi connectivity index (χ0n) is 21.8. The Morgan fingerprint density at radius 1 is 0.486 bits per heavy atom. The van der Waals surface area contributed by atoms with Gasteiger partial charge in [0.2, 0.25) is 0 Å². The number of carbonyl (C=O) groups is 1. The van der Waals surface area contributed by atoms with Crippen LogP contribution in [0.4, 0.5) is 0 Å². The highest BCUT2D eigenvalue weighted by Crippen LogP contribution is 2.07. The van der Waals surface area contributed by atoms with Gasteiger partial charge in [-0.05, 0) is 6.42 Å². The first-order valence-corrected chi connectivity index (χ1v) is 13.6. The summed E-state index contributed by atoms with van der Waals surface area (Å²) in [5.74, 6) is 0.360. The number of ether oxygens (including phenoxy) is 8. The van der Waals surface area contributed by atoms with Gasteiger partial charge < -0.3 is 37.9 Å². The molecule has 0 aromatic rings. The molecule has 9 nitrogen and oxygen atoms in total. The highest BCUT2D eigenvalue weighted by Gasteiger charge is 2.02. The molecule has 35 heavy (non-hydrogen) atoms. The summed E-state index contributed by atoms with van der Waals surface area (Å²) in [6.45, 7) is 9.58. The second-order valence-electron chi connectivity index (χ2n) is 7.71. The van der Waals surface area contributed by atoms with Crippen LogP contribution in [0.5, 0.6) is 0 Å². The molecule has 0 fully saturated rings. The SMILES string of the molecule is CCCCCCCCC(=O)OCCOCCOCCOCCOCCOCCOCCOCCCl. The highest BCUT2D eigenvalue weighted by atomic mass is 35.5. The van der Waals surface area contributed by atoms with Gasteiger partial charge in [0, 0.05) is 12.3 Å². The number of carbonyl (C=O) groups excluding carboxylic acids is 1. The maximum Gasteiger partial charge on any atom is 0.305 e. The van der Waals surface area contributed by atoms with Gasteiger partial charge in [0.15, 0.2) is 0 Å². The molecular formula is C25H49ClO9. The molecule has 0 saturated heterocycles. The molecule has 0 unspecified atom stereocenters. The van der Waals surface area contributed by atoms with Gasteiger partial charge in [-0.2, -0.15) is 0 Å². The van der Waals surface area contributed by atoms with E-state index in [1.54, 1.807) is 0 Å². The van der Waals surface area contributed by atoms with Crippen molar-refractivity contribution >= 4 is 17.6 Å². The van der Waals surface area contributed by atoms with E-state index in [1.165, 1.54) is 25.7 Å². The summed E-state index contributed by atoms with van der Waals surface area (Å²) < 4.78 is 42.8. The van der Waals surface area contributed by atoms with E-state index < -0.39 is 0 Å². The van der Waals surface area contributed by atoms with E-state index in [1.807, 2.05) is 0 Å². The molecular weight excluding hydrogens is 480 g/mol. The Labute approximate surface area is 217 Å². The van der Waals surface area contributed by atoms with Gasteiger partial charge in [-0.3, -0.25) is 4.79 Å². The Morgan fingerprint density at radius 2 is 0.829 bits per heavy atom. The Bertz CT molecular complexity index is 416. The van der Waals surface area contributed by atoms with Crippen molar-refractivity contribution in [3.05, 3.63) is 0 Å². The second kappa shape index (κ2) is 31.5. The molecule has 0 atom stereocenters. The average Bonchev–Trinajstić information content (AvgIpc) is 2.86. The van der Waals surface area contributed by atoms with Crippen molar-refractivity contribution in [2.75, 3.05) is 105 Å². The van der Waals surface area contributed by atoms with Gasteiger partial charge >= 0.3 is 5.97 Å². The van der Waals surface area contributed by atoms with Crippen LogP contribution in [0.25, 0.3) is 0 Å². The first-order valence-electron chi connectivity index (χ1n) is 13.1. The molecule has 0 aromatic heterocycles. The summed E-state index contributed by atoms with van der Waals surface area (Å²) in [5, 5.41) is 0. The Kier molecular flexibility index (Phi) is 31.0. The Hall–Kier alpha value is -0.520. The standard InChI is InChI=1S/C25H49ClO9/c1-2-3-4-5-6-7-8-25(27)35-24-23-34-22-21-33-20-19-32-18-17-31-16-15-30-14-13-29-12-11-28-10-9-26/h2-24H2,1H3. The lowest BCUT2D eigenvalue weighted by Gasteiger charge is -2.08. The number of unbranched alkanes of at least 4 members (excludes halogenated alkanes) is 5. The monoisotopic (exact) mass is 528 g/mol. The third-order valence-electron chi connectivity index (χ3n) is 4.68. The first kappa shape index (κ1) is 34.5. The van der Waals surface area contributed by atoms with Crippen LogP contribution in [0.1, 0.15) is 51.9 Å². The minimum Gasteiger partial charge on any atom is -0.463 e. The van der Waals surface area contributed by atoms with E-state index >= 15 is 0 Å². The molecule has 0 saturated carbocycles. The lowest BCUT2D eigenvalue weighted by molar-refractivity contribution is -0.145. The van der Waals surface area contributed by atoms with Gasteiger partial charge in [-0.25, -0.2) is 0 Å². The lowest BCUT2D eigenvalue weighted by atomic mass is 10.1. The average molecular weight is 529 g/mol. The topological polar surface area (TPSA) is 90.9 Å². The van der Waals surface area contributed by atoms with E-state index in [9.17, 15) is 4.79 Å². The normalized spacial score (nSPS) is 11.3. The number of alkyl halides is 1. The molecule has 0 spiro atoms. The number of esters is 1. The van der Waals surface area contributed by atoms with Crippen LogP contribution in [-0.2, 0) is 42.7 Å². The largest absolute Gasteiger partial charge is 0.463 e. The third-order valence-corrected chi connectivity index (χ3v) is 4.83. The van der Waals surface area contributed by atoms with Gasteiger partial charge in [0.25, 0.3) is 0 Å². The molecule has 0 amide bonds. The minimum atomic E-state index is -0.139. The van der Waals surface area contributed by atoms with Crippen molar-refractivity contribution in [2.24, 2.45) is 0 Å². The molecule has 0 bridgehead atoms. The molecule has 10 heteroatoms. The molecule has 0 heterocycles. The van der Waals surface area contributed by atoms with Crippen LogP contribution in [0.3, 0.4) is 0 Å². The van der Waals surface area contributed by atoms with E-state index in [4.69, 9.17) is 49.5 Å². The second-order valence-corrected chi connectivity index (χ2v) is 8.09. The highest BCUT2D eigenvalue weighted by molar-refractivity contribution is 6.17. The molecule has 0 aliphatic rings. The maximum atomic E-state index is 11.6. The smallest absolute Gasteiger partial charge is 0.305 e. The predicted molar refractivity (Wildman–Crippen MR) is 135 cm³/mol. The van der Waals surface area contributed by atoms with Crippen molar-refractivity contribution in [3.63, 3.8) is 0 Å². The maximum absolute atomic E-state index is 11.6. The van der Waals surface area contributed by atoms with E-state index in [0.717, 1.165) is 12.8 Å². The van der Waals surface area contributed by atoms with Crippen molar-refractivity contribution in [1.29, 1.82) is 0 Å². The first-order chi connectivity index (χ1) is 17.3. The van der Waals surface area contributed by atoms with Gasteiger partial charge in [-0.15, -0.1) is 11.6 Å².